The van der Waals surface area contributed by atoms with Crippen LogP contribution in [0.2, 0.25) is 0 Å². The molecule has 0 aromatic carbocycles. The van der Waals surface area contributed by atoms with E-state index in [0.29, 0.717) is 18.5 Å². The van der Waals surface area contributed by atoms with Crippen molar-refractivity contribution in [2.75, 3.05) is 51.6 Å². The molecule has 2 saturated heterocycles. The highest BCUT2D eigenvalue weighted by molar-refractivity contribution is 7.89. The standard InChI is InChI=1S/C12H25N3O2S/c1-3-18(16,17)15-8-6-14(7-9-15)11-12(2)4-5-13-10-12/h13H,3-11H2,1-2H3. The molecule has 18 heavy (non-hydrogen) atoms. The molecule has 1 unspecified atom stereocenters. The van der Waals surface area contributed by atoms with E-state index < -0.39 is 10.0 Å². The highest BCUT2D eigenvalue weighted by Crippen LogP contribution is 2.26. The second-order valence-corrected chi connectivity index (χ2v) is 8.07. The molecule has 0 aliphatic carbocycles. The van der Waals surface area contributed by atoms with Gasteiger partial charge in [-0.15, -0.1) is 0 Å². The molecule has 6 heteroatoms. The molecule has 0 amide bonds. The Morgan fingerprint density at radius 3 is 2.39 bits per heavy atom. The summed E-state index contributed by atoms with van der Waals surface area (Å²) in [6.45, 7) is 10.4. The number of sulfonamides is 1. The summed E-state index contributed by atoms with van der Waals surface area (Å²) in [6, 6.07) is 0. The van der Waals surface area contributed by atoms with E-state index in [1.165, 1.54) is 6.42 Å². The molecule has 0 saturated carbocycles. The summed E-state index contributed by atoms with van der Waals surface area (Å²) in [5.74, 6) is 0.217. The Kier molecular flexibility index (Phi) is 4.31. The minimum atomic E-state index is -2.99. The van der Waals surface area contributed by atoms with Crippen LogP contribution < -0.4 is 5.32 Å². The highest BCUT2D eigenvalue weighted by atomic mass is 32.2. The molecule has 2 fully saturated rings. The first kappa shape index (κ1) is 14.2. The van der Waals surface area contributed by atoms with Crippen molar-refractivity contribution in [2.45, 2.75) is 20.3 Å². The van der Waals surface area contributed by atoms with Gasteiger partial charge in [0.1, 0.15) is 0 Å². The molecule has 106 valence electrons. The van der Waals surface area contributed by atoms with Crippen LogP contribution >= 0.6 is 0 Å². The van der Waals surface area contributed by atoms with E-state index in [0.717, 1.165) is 32.7 Å². The van der Waals surface area contributed by atoms with Gasteiger partial charge in [0.2, 0.25) is 10.0 Å². The number of rotatable bonds is 4. The van der Waals surface area contributed by atoms with Crippen LogP contribution in [0.5, 0.6) is 0 Å². The average molecular weight is 275 g/mol. The molecular weight excluding hydrogens is 250 g/mol. The van der Waals surface area contributed by atoms with Gasteiger partial charge in [-0.2, -0.15) is 4.31 Å². The van der Waals surface area contributed by atoms with Crippen LogP contribution in [0.3, 0.4) is 0 Å². The lowest BCUT2D eigenvalue weighted by Crippen LogP contribution is -2.51. The maximum atomic E-state index is 11.8. The van der Waals surface area contributed by atoms with E-state index in [2.05, 4.69) is 17.1 Å². The smallest absolute Gasteiger partial charge is 0.213 e. The Bertz CT molecular complexity index is 369. The zero-order chi connectivity index (χ0) is 13.2. The second-order valence-electron chi connectivity index (χ2n) is 5.81. The van der Waals surface area contributed by atoms with E-state index in [1.807, 2.05) is 0 Å². The van der Waals surface area contributed by atoms with E-state index in [1.54, 1.807) is 11.2 Å². The Balaban J connectivity index is 1.84. The first-order valence-corrected chi connectivity index (χ1v) is 8.47. The van der Waals surface area contributed by atoms with Gasteiger partial charge in [-0.1, -0.05) is 6.92 Å². The van der Waals surface area contributed by atoms with Crippen LogP contribution in [0.1, 0.15) is 20.3 Å². The number of nitrogens with one attached hydrogen (secondary N) is 1. The van der Waals surface area contributed by atoms with Crippen molar-refractivity contribution in [3.63, 3.8) is 0 Å². The zero-order valence-electron chi connectivity index (χ0n) is 11.5. The Morgan fingerprint density at radius 2 is 1.89 bits per heavy atom. The highest BCUT2D eigenvalue weighted by Gasteiger charge is 2.33. The Morgan fingerprint density at radius 1 is 1.22 bits per heavy atom. The lowest BCUT2D eigenvalue weighted by atomic mass is 9.89. The topological polar surface area (TPSA) is 52.7 Å². The predicted molar refractivity (Wildman–Crippen MR) is 73.1 cm³/mol. The van der Waals surface area contributed by atoms with Crippen molar-refractivity contribution in [3.8, 4) is 0 Å². The minimum Gasteiger partial charge on any atom is -0.316 e. The summed E-state index contributed by atoms with van der Waals surface area (Å²) in [5.41, 5.74) is 0.367. The molecule has 0 radical (unpaired) electrons. The largest absolute Gasteiger partial charge is 0.316 e. The molecule has 1 atom stereocenters. The summed E-state index contributed by atoms with van der Waals surface area (Å²) >= 11 is 0. The molecule has 0 spiro atoms. The van der Waals surface area contributed by atoms with Gasteiger partial charge < -0.3 is 10.2 Å². The monoisotopic (exact) mass is 275 g/mol. The third kappa shape index (κ3) is 3.23. The fourth-order valence-corrected chi connectivity index (χ4v) is 3.98. The van der Waals surface area contributed by atoms with Crippen molar-refractivity contribution in [2.24, 2.45) is 5.41 Å². The molecule has 0 aromatic rings. The van der Waals surface area contributed by atoms with E-state index in [-0.39, 0.29) is 5.75 Å². The molecule has 2 aliphatic heterocycles. The molecule has 2 rings (SSSR count). The quantitative estimate of drug-likeness (QED) is 0.782. The predicted octanol–water partition coefficient (Wildman–Crippen LogP) is -0.0467. The molecule has 0 aromatic heterocycles. The van der Waals surface area contributed by atoms with Crippen molar-refractivity contribution < 1.29 is 8.42 Å². The summed E-state index contributed by atoms with van der Waals surface area (Å²) in [6.07, 6.45) is 1.22. The van der Waals surface area contributed by atoms with E-state index >= 15 is 0 Å². The van der Waals surface area contributed by atoms with Crippen LogP contribution in [0.4, 0.5) is 0 Å². The minimum absolute atomic E-state index is 0.217. The lowest BCUT2D eigenvalue weighted by Gasteiger charge is -2.38. The number of nitrogens with zero attached hydrogens (tertiary/aromatic N) is 2. The van der Waals surface area contributed by atoms with Gasteiger partial charge in [-0.05, 0) is 25.3 Å². The Labute approximate surface area is 111 Å². The van der Waals surface area contributed by atoms with Crippen molar-refractivity contribution in [3.05, 3.63) is 0 Å². The number of piperazine rings is 1. The third-order valence-corrected chi connectivity index (χ3v) is 6.03. The van der Waals surface area contributed by atoms with Crippen molar-refractivity contribution in [1.82, 2.24) is 14.5 Å². The summed E-state index contributed by atoms with van der Waals surface area (Å²) < 4.78 is 25.2. The lowest BCUT2D eigenvalue weighted by molar-refractivity contribution is 0.132. The van der Waals surface area contributed by atoms with Gasteiger partial charge in [-0.25, -0.2) is 8.42 Å². The van der Waals surface area contributed by atoms with Gasteiger partial charge in [0, 0.05) is 39.3 Å². The third-order valence-electron chi connectivity index (χ3n) is 4.15. The fourth-order valence-electron chi connectivity index (χ4n) is 2.89. The normalized spacial score (nSPS) is 31.9. The first-order valence-electron chi connectivity index (χ1n) is 6.86. The maximum absolute atomic E-state index is 11.8. The molecule has 0 bridgehead atoms. The molecule has 5 nitrogen and oxygen atoms in total. The van der Waals surface area contributed by atoms with E-state index in [9.17, 15) is 8.42 Å². The molecule has 1 N–H and O–H groups in total. The van der Waals surface area contributed by atoms with E-state index in [4.69, 9.17) is 0 Å². The summed E-state index contributed by atoms with van der Waals surface area (Å²) in [5, 5.41) is 3.41. The number of hydrogen-bond donors (Lipinski definition) is 1. The van der Waals surface area contributed by atoms with Crippen LogP contribution in [-0.4, -0.2) is 69.2 Å². The van der Waals surface area contributed by atoms with Gasteiger partial charge in [-0.3, -0.25) is 0 Å². The molecule has 2 heterocycles. The van der Waals surface area contributed by atoms with Crippen molar-refractivity contribution in [1.29, 1.82) is 0 Å². The SMILES string of the molecule is CCS(=O)(=O)N1CCN(CC2(C)CCNC2)CC1. The fraction of sp³-hybridized carbons (Fsp3) is 1.00. The second kappa shape index (κ2) is 5.45. The average Bonchev–Trinajstić information content (AvgIpc) is 2.76. The van der Waals surface area contributed by atoms with Gasteiger partial charge in [0.15, 0.2) is 0 Å². The maximum Gasteiger partial charge on any atom is 0.213 e. The van der Waals surface area contributed by atoms with Gasteiger partial charge >= 0.3 is 0 Å². The molecular formula is C12H25N3O2S. The summed E-state index contributed by atoms with van der Waals surface area (Å²) in [4.78, 5) is 2.41. The molecule has 2 aliphatic rings. The van der Waals surface area contributed by atoms with Gasteiger partial charge in [0.05, 0.1) is 5.75 Å². The van der Waals surface area contributed by atoms with Crippen LogP contribution in [0.25, 0.3) is 0 Å². The zero-order valence-corrected chi connectivity index (χ0v) is 12.3. The van der Waals surface area contributed by atoms with Crippen molar-refractivity contribution >= 4 is 10.0 Å². The number of hydrogen-bond acceptors (Lipinski definition) is 4. The van der Waals surface area contributed by atoms with Crippen LogP contribution in [-0.2, 0) is 10.0 Å². The first-order chi connectivity index (χ1) is 8.45. The van der Waals surface area contributed by atoms with Crippen LogP contribution in [0, 0.1) is 5.41 Å². The Hall–Kier alpha value is -0.170. The summed E-state index contributed by atoms with van der Waals surface area (Å²) in [7, 11) is -2.99. The van der Waals surface area contributed by atoms with Crippen LogP contribution in [0.15, 0.2) is 0 Å². The van der Waals surface area contributed by atoms with Gasteiger partial charge in [0.25, 0.3) is 0 Å².